The number of aromatic nitrogens is 2. The average molecular weight is 293 g/mol. The predicted molar refractivity (Wildman–Crippen MR) is 81.4 cm³/mol. The van der Waals surface area contributed by atoms with Gasteiger partial charge in [0, 0.05) is 16.8 Å². The van der Waals surface area contributed by atoms with E-state index in [1.54, 1.807) is 17.7 Å². The molecular formula is C14H19N3O2S. The fourth-order valence-electron chi connectivity index (χ4n) is 1.98. The first-order valence-electron chi connectivity index (χ1n) is 6.64. The van der Waals surface area contributed by atoms with Gasteiger partial charge in [-0.1, -0.05) is 6.92 Å². The number of carbonyl (C=O) groups is 1. The van der Waals surface area contributed by atoms with Gasteiger partial charge in [0.15, 0.2) is 0 Å². The van der Waals surface area contributed by atoms with Gasteiger partial charge in [0.25, 0.3) is 0 Å². The minimum absolute atomic E-state index is 0.137. The summed E-state index contributed by atoms with van der Waals surface area (Å²) >= 11 is 1.67. The van der Waals surface area contributed by atoms with Crippen molar-refractivity contribution in [3.05, 3.63) is 17.3 Å². The Hall–Kier alpha value is -1.69. The van der Waals surface area contributed by atoms with Gasteiger partial charge < -0.3 is 10.4 Å². The van der Waals surface area contributed by atoms with E-state index in [0.717, 1.165) is 22.5 Å². The number of anilines is 1. The predicted octanol–water partition coefficient (Wildman–Crippen LogP) is 3.31. The van der Waals surface area contributed by atoms with E-state index >= 15 is 0 Å². The van der Waals surface area contributed by atoms with E-state index in [1.807, 2.05) is 13.8 Å². The minimum atomic E-state index is -0.781. The summed E-state index contributed by atoms with van der Waals surface area (Å²) in [5.41, 5.74) is -0.325. The summed E-state index contributed by atoms with van der Waals surface area (Å²) in [6.07, 6.45) is 3.20. The number of aliphatic carboxylic acids is 1. The smallest absolute Gasteiger partial charge is 0.303 e. The Morgan fingerprint density at radius 2 is 2.20 bits per heavy atom. The van der Waals surface area contributed by atoms with Crippen LogP contribution in [-0.4, -0.2) is 26.6 Å². The van der Waals surface area contributed by atoms with Gasteiger partial charge in [-0.25, -0.2) is 9.97 Å². The number of thiophene rings is 1. The zero-order chi connectivity index (χ0) is 14.8. The molecule has 0 aliphatic heterocycles. The number of nitrogens with one attached hydrogen (secondary N) is 1. The normalized spacial score (nSPS) is 11.8. The molecule has 2 N–H and O–H groups in total. The zero-order valence-electron chi connectivity index (χ0n) is 11.9. The molecule has 0 aliphatic rings. The summed E-state index contributed by atoms with van der Waals surface area (Å²) in [7, 11) is 0. The van der Waals surface area contributed by atoms with Crippen molar-refractivity contribution in [1.82, 2.24) is 9.97 Å². The summed E-state index contributed by atoms with van der Waals surface area (Å²) in [6.45, 7) is 6.08. The number of nitrogens with zero attached hydrogens (tertiary/aromatic N) is 2. The molecule has 0 amide bonds. The first kappa shape index (κ1) is 14.7. The Labute approximate surface area is 122 Å². The van der Waals surface area contributed by atoms with E-state index < -0.39 is 5.97 Å². The molecule has 0 fully saturated rings. The molecule has 108 valence electrons. The lowest BCUT2D eigenvalue weighted by molar-refractivity contribution is -0.137. The van der Waals surface area contributed by atoms with Crippen LogP contribution < -0.4 is 5.32 Å². The van der Waals surface area contributed by atoms with Crippen molar-refractivity contribution in [3.63, 3.8) is 0 Å². The monoisotopic (exact) mass is 293 g/mol. The molecule has 0 aliphatic carbocycles. The maximum atomic E-state index is 10.7. The summed E-state index contributed by atoms with van der Waals surface area (Å²) < 4.78 is 0. The lowest BCUT2D eigenvalue weighted by atomic mass is 9.98. The number of carboxylic acids is 1. The van der Waals surface area contributed by atoms with Crippen LogP contribution in [0.1, 0.15) is 38.5 Å². The lowest BCUT2D eigenvalue weighted by Crippen LogP contribution is -2.32. The van der Waals surface area contributed by atoms with E-state index in [4.69, 9.17) is 5.11 Å². The summed E-state index contributed by atoms with van der Waals surface area (Å²) in [4.78, 5) is 21.5. The Morgan fingerprint density at radius 1 is 1.45 bits per heavy atom. The van der Waals surface area contributed by atoms with Crippen LogP contribution in [0.3, 0.4) is 0 Å². The Balaban J connectivity index is 2.24. The number of carboxylic acid groups (broad SMARTS) is 1. The van der Waals surface area contributed by atoms with Crippen LogP contribution in [-0.2, 0) is 11.2 Å². The highest BCUT2D eigenvalue weighted by Crippen LogP contribution is 2.30. The highest BCUT2D eigenvalue weighted by Gasteiger charge is 2.21. The van der Waals surface area contributed by atoms with Crippen LogP contribution in [0.4, 0.5) is 5.82 Å². The molecular weight excluding hydrogens is 274 g/mol. The second kappa shape index (κ2) is 5.75. The van der Waals surface area contributed by atoms with Gasteiger partial charge in [-0.05, 0) is 32.8 Å². The first-order chi connectivity index (χ1) is 9.41. The SMILES string of the molecule is CCc1cc2c(NC(C)(C)CCC(=O)O)ncnc2s1. The molecule has 0 bridgehead atoms. The van der Waals surface area contributed by atoms with E-state index in [2.05, 4.69) is 28.3 Å². The maximum Gasteiger partial charge on any atom is 0.303 e. The van der Waals surface area contributed by atoms with Crippen LogP contribution in [0, 0.1) is 0 Å². The standard InChI is InChI=1S/C14H19N3O2S/c1-4-9-7-10-12(15-8-16-13(10)20-9)17-14(2,3)6-5-11(18)19/h7-8H,4-6H2,1-3H3,(H,18,19)(H,15,16,17). The molecule has 0 saturated carbocycles. The van der Waals surface area contributed by atoms with Gasteiger partial charge in [0.05, 0.1) is 5.39 Å². The fraction of sp³-hybridized carbons (Fsp3) is 0.500. The van der Waals surface area contributed by atoms with Gasteiger partial charge in [-0.15, -0.1) is 11.3 Å². The van der Waals surface area contributed by atoms with E-state index in [0.29, 0.717) is 6.42 Å². The maximum absolute atomic E-state index is 10.7. The third-order valence-electron chi connectivity index (χ3n) is 3.15. The number of hydrogen-bond acceptors (Lipinski definition) is 5. The molecule has 2 aromatic heterocycles. The summed E-state index contributed by atoms with van der Waals surface area (Å²) in [5, 5.41) is 13.2. The molecule has 0 spiro atoms. The number of fused-ring (bicyclic) bond motifs is 1. The second-order valence-electron chi connectivity index (χ2n) is 5.41. The highest BCUT2D eigenvalue weighted by molar-refractivity contribution is 7.18. The van der Waals surface area contributed by atoms with Crippen LogP contribution in [0.5, 0.6) is 0 Å². The molecule has 0 aromatic carbocycles. The Morgan fingerprint density at radius 3 is 2.85 bits per heavy atom. The van der Waals surface area contributed by atoms with Crippen molar-refractivity contribution < 1.29 is 9.90 Å². The number of rotatable bonds is 6. The van der Waals surface area contributed by atoms with Gasteiger partial charge in [-0.2, -0.15) is 0 Å². The highest BCUT2D eigenvalue weighted by atomic mass is 32.1. The van der Waals surface area contributed by atoms with Crippen molar-refractivity contribution in [1.29, 1.82) is 0 Å². The van der Waals surface area contributed by atoms with Gasteiger partial charge in [-0.3, -0.25) is 4.79 Å². The van der Waals surface area contributed by atoms with E-state index in [1.165, 1.54) is 4.88 Å². The number of hydrogen-bond donors (Lipinski definition) is 2. The van der Waals surface area contributed by atoms with Crippen molar-refractivity contribution in [2.24, 2.45) is 0 Å². The first-order valence-corrected chi connectivity index (χ1v) is 7.46. The van der Waals surface area contributed by atoms with Crippen LogP contribution >= 0.6 is 11.3 Å². The third kappa shape index (κ3) is 3.45. The third-order valence-corrected chi connectivity index (χ3v) is 4.34. The molecule has 6 heteroatoms. The summed E-state index contributed by atoms with van der Waals surface area (Å²) in [5.74, 6) is -0.00199. The lowest BCUT2D eigenvalue weighted by Gasteiger charge is -2.26. The zero-order valence-corrected chi connectivity index (χ0v) is 12.8. The second-order valence-corrected chi connectivity index (χ2v) is 6.53. The largest absolute Gasteiger partial charge is 0.481 e. The van der Waals surface area contributed by atoms with Crippen LogP contribution in [0.2, 0.25) is 0 Å². The minimum Gasteiger partial charge on any atom is -0.481 e. The van der Waals surface area contributed by atoms with Crippen LogP contribution in [0.15, 0.2) is 12.4 Å². The van der Waals surface area contributed by atoms with Gasteiger partial charge in [0.2, 0.25) is 0 Å². The number of aryl methyl sites for hydroxylation is 1. The quantitative estimate of drug-likeness (QED) is 0.854. The van der Waals surface area contributed by atoms with Gasteiger partial charge >= 0.3 is 5.97 Å². The van der Waals surface area contributed by atoms with Crippen molar-refractivity contribution >= 4 is 33.3 Å². The molecule has 2 rings (SSSR count). The molecule has 20 heavy (non-hydrogen) atoms. The molecule has 2 heterocycles. The van der Waals surface area contributed by atoms with Crippen LogP contribution in [0.25, 0.3) is 10.2 Å². The Bertz CT molecular complexity index is 622. The van der Waals surface area contributed by atoms with Crippen molar-refractivity contribution in [3.8, 4) is 0 Å². The van der Waals surface area contributed by atoms with Crippen molar-refractivity contribution in [2.45, 2.75) is 45.6 Å². The Kier molecular flexibility index (Phi) is 4.23. The van der Waals surface area contributed by atoms with Gasteiger partial charge in [0.1, 0.15) is 17.0 Å². The van der Waals surface area contributed by atoms with E-state index in [-0.39, 0.29) is 12.0 Å². The molecule has 0 radical (unpaired) electrons. The molecule has 0 saturated heterocycles. The molecule has 0 atom stereocenters. The average Bonchev–Trinajstić information content (AvgIpc) is 2.80. The molecule has 2 aromatic rings. The topological polar surface area (TPSA) is 75.1 Å². The fourth-order valence-corrected chi connectivity index (χ4v) is 2.92. The molecule has 0 unspecified atom stereocenters. The van der Waals surface area contributed by atoms with Crippen molar-refractivity contribution in [2.75, 3.05) is 5.32 Å². The van der Waals surface area contributed by atoms with E-state index in [9.17, 15) is 4.79 Å². The summed E-state index contributed by atoms with van der Waals surface area (Å²) in [6, 6.07) is 2.11. The molecule has 5 nitrogen and oxygen atoms in total.